The van der Waals surface area contributed by atoms with Gasteiger partial charge >= 0.3 is 11.7 Å². The first-order chi connectivity index (χ1) is 14.6. The number of imidazole rings is 1. The van der Waals surface area contributed by atoms with Gasteiger partial charge in [0.1, 0.15) is 5.75 Å². The first-order valence-corrected chi connectivity index (χ1v) is 10.4. The highest BCUT2D eigenvalue weighted by Crippen LogP contribution is 2.24. The molecule has 1 saturated heterocycles. The Bertz CT molecular complexity index is 1130. The van der Waals surface area contributed by atoms with Crippen LogP contribution in [0.4, 0.5) is 5.69 Å². The summed E-state index contributed by atoms with van der Waals surface area (Å²) in [6.07, 6.45) is 2.38. The number of esters is 1. The molecule has 156 valence electrons. The first-order valence-electron chi connectivity index (χ1n) is 10.4. The summed E-state index contributed by atoms with van der Waals surface area (Å²) >= 11 is 0. The van der Waals surface area contributed by atoms with Crippen molar-refractivity contribution in [2.45, 2.75) is 45.7 Å². The van der Waals surface area contributed by atoms with E-state index in [-0.39, 0.29) is 24.6 Å². The Morgan fingerprint density at radius 1 is 0.967 bits per heavy atom. The maximum absolute atomic E-state index is 12.8. The van der Waals surface area contributed by atoms with Crippen molar-refractivity contribution in [3.63, 3.8) is 0 Å². The molecule has 7 heteroatoms. The maximum atomic E-state index is 12.8. The number of hydrogen-bond acceptors (Lipinski definition) is 4. The molecule has 0 aliphatic carbocycles. The van der Waals surface area contributed by atoms with Gasteiger partial charge in [0, 0.05) is 31.7 Å². The quantitative estimate of drug-likeness (QED) is 0.445. The van der Waals surface area contributed by atoms with Gasteiger partial charge in [-0.05, 0) is 49.2 Å². The summed E-state index contributed by atoms with van der Waals surface area (Å²) < 4.78 is 8.80. The minimum Gasteiger partial charge on any atom is -0.426 e. The minimum absolute atomic E-state index is 0.0897. The molecule has 0 atom stereocenters. The van der Waals surface area contributed by atoms with E-state index in [9.17, 15) is 14.4 Å². The van der Waals surface area contributed by atoms with Crippen LogP contribution in [0.3, 0.4) is 0 Å². The summed E-state index contributed by atoms with van der Waals surface area (Å²) in [6, 6.07) is 14.6. The standard InChI is InChI=1S/C23H25N3O4/c1-2-14-25-19-6-3-4-7-20(19)26(23(25)29)16-13-22(28)30-18-11-9-17(10-12-18)24-15-5-8-21(24)27/h3-4,6-7,9-12H,2,5,8,13-16H2,1H3. The number of benzene rings is 2. The van der Waals surface area contributed by atoms with E-state index < -0.39 is 5.97 Å². The molecular formula is C23H25N3O4. The highest BCUT2D eigenvalue weighted by molar-refractivity contribution is 5.95. The van der Waals surface area contributed by atoms with Crippen LogP contribution in [0.15, 0.2) is 53.3 Å². The molecule has 30 heavy (non-hydrogen) atoms. The molecule has 1 amide bonds. The van der Waals surface area contributed by atoms with Crippen LogP contribution in [0.5, 0.6) is 5.75 Å². The number of amides is 1. The molecule has 1 aliphatic rings. The van der Waals surface area contributed by atoms with Crippen molar-refractivity contribution in [1.82, 2.24) is 9.13 Å². The van der Waals surface area contributed by atoms with Crippen LogP contribution < -0.4 is 15.3 Å². The first kappa shape index (κ1) is 19.9. The number of aryl methyl sites for hydroxylation is 2. The number of para-hydroxylation sites is 2. The number of carbonyl (C=O) groups excluding carboxylic acids is 2. The van der Waals surface area contributed by atoms with Gasteiger partial charge in [-0.3, -0.25) is 18.7 Å². The molecule has 7 nitrogen and oxygen atoms in total. The second-order valence-electron chi connectivity index (χ2n) is 7.44. The molecule has 1 aliphatic heterocycles. The van der Waals surface area contributed by atoms with Crippen molar-refractivity contribution in [1.29, 1.82) is 0 Å². The third-order valence-corrected chi connectivity index (χ3v) is 5.37. The van der Waals surface area contributed by atoms with Gasteiger partial charge < -0.3 is 9.64 Å². The van der Waals surface area contributed by atoms with E-state index in [1.54, 1.807) is 38.3 Å². The second-order valence-corrected chi connectivity index (χ2v) is 7.44. The van der Waals surface area contributed by atoms with E-state index in [1.165, 1.54) is 0 Å². The Kier molecular flexibility index (Phi) is 5.70. The highest BCUT2D eigenvalue weighted by Gasteiger charge is 2.21. The van der Waals surface area contributed by atoms with Crippen molar-refractivity contribution >= 4 is 28.6 Å². The smallest absolute Gasteiger partial charge is 0.329 e. The molecule has 1 fully saturated rings. The summed E-state index contributed by atoms with van der Waals surface area (Å²) in [4.78, 5) is 38.7. The summed E-state index contributed by atoms with van der Waals surface area (Å²) in [5.41, 5.74) is 2.41. The lowest BCUT2D eigenvalue weighted by Gasteiger charge is -2.15. The molecule has 1 aromatic heterocycles. The van der Waals surface area contributed by atoms with Crippen molar-refractivity contribution in [3.05, 3.63) is 59.0 Å². The average molecular weight is 407 g/mol. The summed E-state index contributed by atoms with van der Waals surface area (Å²) in [7, 11) is 0. The summed E-state index contributed by atoms with van der Waals surface area (Å²) in [6.45, 7) is 3.65. The van der Waals surface area contributed by atoms with E-state index in [0.717, 1.165) is 36.1 Å². The fraction of sp³-hybridized carbons (Fsp3) is 0.348. The molecular weight excluding hydrogens is 382 g/mol. The van der Waals surface area contributed by atoms with E-state index in [4.69, 9.17) is 4.74 Å². The number of fused-ring (bicyclic) bond motifs is 1. The van der Waals surface area contributed by atoms with Gasteiger partial charge in [0.05, 0.1) is 17.5 Å². The summed E-state index contributed by atoms with van der Waals surface area (Å²) in [5, 5.41) is 0. The van der Waals surface area contributed by atoms with Crippen LogP contribution in [0.2, 0.25) is 0 Å². The molecule has 0 unspecified atom stereocenters. The fourth-order valence-corrected chi connectivity index (χ4v) is 3.93. The van der Waals surface area contributed by atoms with Gasteiger partial charge in [0.2, 0.25) is 5.91 Å². The topological polar surface area (TPSA) is 73.5 Å². The Balaban J connectivity index is 1.42. The lowest BCUT2D eigenvalue weighted by Crippen LogP contribution is -2.25. The van der Waals surface area contributed by atoms with Crippen LogP contribution in [0.25, 0.3) is 11.0 Å². The second kappa shape index (κ2) is 8.57. The lowest BCUT2D eigenvalue weighted by atomic mass is 10.3. The zero-order valence-electron chi connectivity index (χ0n) is 17.0. The average Bonchev–Trinajstić information content (AvgIpc) is 3.29. The molecule has 3 aromatic rings. The molecule has 2 aromatic carbocycles. The largest absolute Gasteiger partial charge is 0.426 e. The van der Waals surface area contributed by atoms with E-state index >= 15 is 0 Å². The lowest BCUT2D eigenvalue weighted by molar-refractivity contribution is -0.134. The van der Waals surface area contributed by atoms with Crippen LogP contribution in [-0.4, -0.2) is 27.6 Å². The van der Waals surface area contributed by atoms with Gasteiger partial charge in [0.25, 0.3) is 0 Å². The van der Waals surface area contributed by atoms with E-state index in [1.807, 2.05) is 31.2 Å². The van der Waals surface area contributed by atoms with Crippen LogP contribution in [0.1, 0.15) is 32.6 Å². The van der Waals surface area contributed by atoms with Crippen molar-refractivity contribution in [2.24, 2.45) is 0 Å². The SMILES string of the molecule is CCCn1c(=O)n(CCC(=O)Oc2ccc(N3CCCC3=O)cc2)c2ccccc21. The molecule has 0 saturated carbocycles. The van der Waals surface area contributed by atoms with Gasteiger partial charge in [-0.2, -0.15) is 0 Å². The molecule has 0 spiro atoms. The maximum Gasteiger partial charge on any atom is 0.329 e. The Morgan fingerprint density at radius 3 is 2.23 bits per heavy atom. The van der Waals surface area contributed by atoms with Gasteiger partial charge in [-0.15, -0.1) is 0 Å². The van der Waals surface area contributed by atoms with Gasteiger partial charge in [0.15, 0.2) is 0 Å². The monoisotopic (exact) mass is 407 g/mol. The summed E-state index contributed by atoms with van der Waals surface area (Å²) in [5.74, 6) is 0.141. The number of rotatable bonds is 7. The number of aromatic nitrogens is 2. The molecule has 0 radical (unpaired) electrons. The number of anilines is 1. The molecule has 4 rings (SSSR count). The van der Waals surface area contributed by atoms with Crippen LogP contribution >= 0.6 is 0 Å². The zero-order valence-corrected chi connectivity index (χ0v) is 17.0. The fourth-order valence-electron chi connectivity index (χ4n) is 3.93. The number of nitrogens with zero attached hydrogens (tertiary/aromatic N) is 3. The highest BCUT2D eigenvalue weighted by atomic mass is 16.5. The van der Waals surface area contributed by atoms with Gasteiger partial charge in [-0.1, -0.05) is 19.1 Å². The molecule has 0 N–H and O–H groups in total. The predicted molar refractivity (Wildman–Crippen MR) is 115 cm³/mol. The van der Waals surface area contributed by atoms with Gasteiger partial charge in [-0.25, -0.2) is 4.79 Å². The predicted octanol–water partition coefficient (Wildman–Crippen LogP) is 3.34. The van der Waals surface area contributed by atoms with Crippen molar-refractivity contribution < 1.29 is 14.3 Å². The number of carbonyl (C=O) groups is 2. The van der Waals surface area contributed by atoms with E-state index in [0.29, 0.717) is 18.7 Å². The Morgan fingerprint density at radius 2 is 1.63 bits per heavy atom. The van der Waals surface area contributed by atoms with Crippen LogP contribution in [0, 0.1) is 0 Å². The molecule has 0 bridgehead atoms. The third-order valence-electron chi connectivity index (χ3n) is 5.37. The Hall–Kier alpha value is -3.35. The third kappa shape index (κ3) is 3.87. The molecule has 2 heterocycles. The van der Waals surface area contributed by atoms with Crippen molar-refractivity contribution in [2.75, 3.05) is 11.4 Å². The zero-order chi connectivity index (χ0) is 21.1. The Labute approximate surface area is 174 Å². The number of hydrogen-bond donors (Lipinski definition) is 0. The number of ether oxygens (including phenoxy) is 1. The van der Waals surface area contributed by atoms with E-state index in [2.05, 4.69) is 0 Å². The normalized spacial score (nSPS) is 13.9. The van der Waals surface area contributed by atoms with Crippen molar-refractivity contribution in [3.8, 4) is 5.75 Å². The minimum atomic E-state index is -0.403. The van der Waals surface area contributed by atoms with Crippen LogP contribution in [-0.2, 0) is 22.7 Å².